The van der Waals surface area contributed by atoms with Crippen LogP contribution in [0.15, 0.2) is 267 Å². The van der Waals surface area contributed by atoms with Crippen LogP contribution in [0.3, 0.4) is 0 Å². The Labute approximate surface area is 456 Å². The Morgan fingerprint density at radius 1 is 0.231 bits per heavy atom. The van der Waals surface area contributed by atoms with E-state index >= 15 is 0 Å². The maximum atomic E-state index is 2.58. The summed E-state index contributed by atoms with van der Waals surface area (Å²) in [6.07, 6.45) is 0. The molecule has 370 valence electrons. The molecule has 14 aromatic carbocycles. The van der Waals surface area contributed by atoms with Crippen molar-refractivity contribution in [2.45, 2.75) is 27.7 Å². The number of rotatable bonds is 10. The second kappa shape index (κ2) is 19.1. The summed E-state index contributed by atoms with van der Waals surface area (Å²) < 4.78 is 0. The van der Waals surface area contributed by atoms with Crippen molar-refractivity contribution in [3.63, 3.8) is 0 Å². The lowest BCUT2D eigenvalue weighted by Crippen LogP contribution is -2.15. The quantitative estimate of drug-likeness (QED) is 0.126. The molecule has 78 heavy (non-hydrogen) atoms. The van der Waals surface area contributed by atoms with Crippen molar-refractivity contribution in [3.8, 4) is 44.5 Å². The third kappa shape index (κ3) is 7.96. The van der Waals surface area contributed by atoms with Crippen molar-refractivity contribution >= 4 is 88.0 Å². The second-order valence-electron chi connectivity index (χ2n) is 21.1. The first-order valence-electron chi connectivity index (χ1n) is 27.2. The summed E-state index contributed by atoms with van der Waals surface area (Å²) >= 11 is 0. The lowest BCUT2D eigenvalue weighted by Gasteiger charge is -2.33. The highest BCUT2D eigenvalue weighted by molar-refractivity contribution is 6.29. The van der Waals surface area contributed by atoms with E-state index in [1.165, 1.54) is 110 Å². The van der Waals surface area contributed by atoms with Gasteiger partial charge in [-0.2, -0.15) is 0 Å². The molecule has 2 heteroatoms. The van der Waals surface area contributed by atoms with Crippen LogP contribution in [-0.4, -0.2) is 0 Å². The Bertz CT molecular complexity index is 4280. The maximum absolute atomic E-state index is 2.58. The Morgan fingerprint density at radius 3 is 0.962 bits per heavy atom. The van der Waals surface area contributed by atoms with E-state index in [2.05, 4.69) is 304 Å². The maximum Gasteiger partial charge on any atom is 0.0569 e. The normalized spacial score (nSPS) is 11.6. The van der Waals surface area contributed by atoms with Gasteiger partial charge in [-0.1, -0.05) is 230 Å². The first-order chi connectivity index (χ1) is 38.3. The third-order valence-corrected chi connectivity index (χ3v) is 16.1. The average molecular weight is 997 g/mol. The molecule has 0 saturated carbocycles. The Morgan fingerprint density at radius 2 is 0.564 bits per heavy atom. The summed E-state index contributed by atoms with van der Waals surface area (Å²) in [5.41, 5.74) is 21.1. The van der Waals surface area contributed by atoms with Crippen molar-refractivity contribution in [2.75, 3.05) is 9.80 Å². The number of fused-ring (bicyclic) bond motifs is 2. The first-order valence-corrected chi connectivity index (χ1v) is 27.2. The van der Waals surface area contributed by atoms with Gasteiger partial charge in [-0.05, 0) is 153 Å². The zero-order chi connectivity index (χ0) is 52.4. The van der Waals surface area contributed by atoms with Gasteiger partial charge in [0, 0.05) is 32.7 Å². The van der Waals surface area contributed by atoms with Crippen LogP contribution in [0.4, 0.5) is 34.1 Å². The monoisotopic (exact) mass is 996 g/mol. The highest BCUT2D eigenvalue weighted by atomic mass is 15.2. The zero-order valence-corrected chi connectivity index (χ0v) is 44.3. The third-order valence-electron chi connectivity index (χ3n) is 16.1. The fourth-order valence-electron chi connectivity index (χ4n) is 12.3. The van der Waals surface area contributed by atoms with Crippen LogP contribution in [0, 0.1) is 27.7 Å². The van der Waals surface area contributed by atoms with Gasteiger partial charge in [-0.15, -0.1) is 0 Å². The summed E-state index contributed by atoms with van der Waals surface area (Å²) in [4.78, 5) is 5.16. The molecule has 0 aromatic heterocycles. The van der Waals surface area contributed by atoms with Gasteiger partial charge in [0.1, 0.15) is 0 Å². The van der Waals surface area contributed by atoms with Crippen molar-refractivity contribution in [1.82, 2.24) is 0 Å². The number of hydrogen-bond acceptors (Lipinski definition) is 2. The van der Waals surface area contributed by atoms with Gasteiger partial charge < -0.3 is 9.80 Å². The van der Waals surface area contributed by atoms with Gasteiger partial charge >= 0.3 is 0 Å². The second-order valence-corrected chi connectivity index (χ2v) is 21.1. The summed E-state index contributed by atoms with van der Waals surface area (Å²) in [7, 11) is 0. The van der Waals surface area contributed by atoms with Crippen LogP contribution >= 0.6 is 0 Å². The van der Waals surface area contributed by atoms with E-state index in [0.717, 1.165) is 45.0 Å². The van der Waals surface area contributed by atoms with E-state index in [-0.39, 0.29) is 0 Å². The van der Waals surface area contributed by atoms with E-state index < -0.39 is 0 Å². The van der Waals surface area contributed by atoms with E-state index in [4.69, 9.17) is 0 Å². The van der Waals surface area contributed by atoms with Crippen molar-refractivity contribution < 1.29 is 0 Å². The molecule has 0 N–H and O–H groups in total. The van der Waals surface area contributed by atoms with E-state index in [1.807, 2.05) is 0 Å². The molecule has 0 atom stereocenters. The molecule has 0 saturated heterocycles. The zero-order valence-electron chi connectivity index (χ0n) is 44.3. The molecule has 0 heterocycles. The minimum atomic E-state index is 1.12. The molecule has 0 radical (unpaired) electrons. The summed E-state index contributed by atoms with van der Waals surface area (Å²) in [6.45, 7) is 8.96. The van der Waals surface area contributed by atoms with Gasteiger partial charge in [0.15, 0.2) is 0 Å². The van der Waals surface area contributed by atoms with E-state index in [9.17, 15) is 0 Å². The molecule has 0 aliphatic rings. The molecular formula is C76H56N2. The van der Waals surface area contributed by atoms with Crippen molar-refractivity contribution in [1.29, 1.82) is 0 Å². The molecule has 0 aliphatic carbocycles. The fourth-order valence-corrected chi connectivity index (χ4v) is 12.3. The Hall–Kier alpha value is -9.76. The van der Waals surface area contributed by atoms with Gasteiger partial charge in [0.05, 0.1) is 34.1 Å². The van der Waals surface area contributed by atoms with Crippen LogP contribution in [-0.2, 0) is 0 Å². The predicted molar refractivity (Wildman–Crippen MR) is 335 cm³/mol. The smallest absolute Gasteiger partial charge is 0.0569 e. The molecular weight excluding hydrogens is 941 g/mol. The summed E-state index contributed by atoms with van der Waals surface area (Å²) in [6, 6.07) is 99.3. The Kier molecular flexibility index (Phi) is 11.5. The molecule has 0 amide bonds. The van der Waals surface area contributed by atoms with Crippen LogP contribution in [0.5, 0.6) is 0 Å². The summed E-state index contributed by atoms with van der Waals surface area (Å²) in [5, 5.41) is 12.2. The molecule has 0 fully saturated rings. The minimum absolute atomic E-state index is 1.12. The van der Waals surface area contributed by atoms with Crippen molar-refractivity contribution in [3.05, 3.63) is 289 Å². The molecule has 2 nitrogen and oxygen atoms in total. The molecule has 14 rings (SSSR count). The van der Waals surface area contributed by atoms with E-state index in [1.54, 1.807) is 0 Å². The fraction of sp³-hybridized carbons (Fsp3) is 0.0526. The van der Waals surface area contributed by atoms with Crippen LogP contribution in [0.2, 0.25) is 0 Å². The van der Waals surface area contributed by atoms with Gasteiger partial charge in [0.25, 0.3) is 0 Å². The highest BCUT2D eigenvalue weighted by Crippen LogP contribution is 2.53. The highest BCUT2D eigenvalue weighted by Gasteiger charge is 2.28. The van der Waals surface area contributed by atoms with Gasteiger partial charge in [-0.3, -0.25) is 0 Å². The first kappa shape index (κ1) is 46.7. The standard InChI is InChI=1S/C76H56N2/c1-49-25-29-57-31-27-51(3)75(67(57)45-49)77(71-43-37-61(53-17-9-5-10-18-53)47-65(71)55-21-13-7-14-22-55)69-41-35-59-34-40-64-70(42-36-60-33-39-63(69)73(59)74(60)64)78(76-52(4)28-32-58-30-26-50(2)46-68(58)76)72-44-38-62(54-19-11-6-12-20-54)48-66(72)56-23-15-8-16-24-56/h5-48H,1-4H3. The molecule has 0 bridgehead atoms. The van der Waals surface area contributed by atoms with Crippen LogP contribution in [0.1, 0.15) is 22.3 Å². The number of aryl methyl sites for hydroxylation is 4. The van der Waals surface area contributed by atoms with Gasteiger partial charge in [-0.25, -0.2) is 0 Å². The number of benzene rings is 14. The lowest BCUT2D eigenvalue weighted by molar-refractivity contribution is 1.28. The van der Waals surface area contributed by atoms with Crippen LogP contribution < -0.4 is 9.80 Å². The van der Waals surface area contributed by atoms with Crippen LogP contribution in [0.25, 0.3) is 98.4 Å². The molecule has 0 aliphatic heterocycles. The number of nitrogens with zero attached hydrogens (tertiary/aromatic N) is 2. The lowest BCUT2D eigenvalue weighted by atomic mass is 9.90. The topological polar surface area (TPSA) is 6.48 Å². The number of hydrogen-bond donors (Lipinski definition) is 0. The Balaban J connectivity index is 1.07. The SMILES string of the molecule is Cc1ccc2ccc(C)c(N(c3ccc(-c4ccccc4)cc3-c3ccccc3)c3ccc4ccc5c(N(c6ccc(-c7ccccc7)cc6-c6ccccc6)c6c(C)ccc7ccc(C)cc67)ccc6ccc3c4c65)c2c1. The van der Waals surface area contributed by atoms with Crippen molar-refractivity contribution in [2.24, 2.45) is 0 Å². The minimum Gasteiger partial charge on any atom is -0.308 e. The van der Waals surface area contributed by atoms with E-state index in [0.29, 0.717) is 0 Å². The predicted octanol–water partition coefficient (Wildman–Crippen LogP) is 21.7. The average Bonchev–Trinajstić information content (AvgIpc) is 3.66. The number of anilines is 6. The molecule has 14 aromatic rings. The largest absolute Gasteiger partial charge is 0.308 e. The summed E-state index contributed by atoms with van der Waals surface area (Å²) in [5.74, 6) is 0. The molecule has 0 spiro atoms. The van der Waals surface area contributed by atoms with Gasteiger partial charge in [0.2, 0.25) is 0 Å². The molecule has 0 unspecified atom stereocenters.